The zero-order valence-corrected chi connectivity index (χ0v) is 18.5. The molecule has 2 aromatic carbocycles. The lowest BCUT2D eigenvalue weighted by molar-refractivity contribution is 0.122. The molecule has 1 saturated heterocycles. The van der Waals surface area contributed by atoms with Gasteiger partial charge < -0.3 is 15.4 Å². The molecule has 1 saturated carbocycles. The van der Waals surface area contributed by atoms with Crippen LogP contribution in [-0.4, -0.2) is 53.0 Å². The highest BCUT2D eigenvalue weighted by molar-refractivity contribution is 6.11. The molecule has 3 heterocycles. The average molecular weight is 458 g/mol. The van der Waals surface area contributed by atoms with Crippen molar-refractivity contribution in [3.8, 4) is 5.69 Å². The second kappa shape index (κ2) is 8.18. The van der Waals surface area contributed by atoms with Gasteiger partial charge in [0, 0.05) is 41.8 Å². The molecule has 9 heteroatoms. The normalized spacial score (nSPS) is 17.0. The third kappa shape index (κ3) is 3.40. The topological polar surface area (TPSA) is 105 Å². The Kier molecular flexibility index (Phi) is 4.99. The van der Waals surface area contributed by atoms with Crippen LogP contribution in [0.2, 0.25) is 0 Å². The first-order valence-corrected chi connectivity index (χ1v) is 11.4. The number of nitrogens with one attached hydrogen (secondary N) is 1. The molecule has 3 N–H and O–H groups in total. The smallest absolute Gasteiger partial charge is 0.149 e. The molecule has 0 bridgehead atoms. The number of anilines is 1. The molecule has 172 valence electrons. The molecule has 2 fully saturated rings. The summed E-state index contributed by atoms with van der Waals surface area (Å²) < 4.78 is 22.3. The Morgan fingerprint density at radius 2 is 2.00 bits per heavy atom. The predicted molar refractivity (Wildman–Crippen MR) is 131 cm³/mol. The standard InChI is InChI=1S/C25H24FN7O/c26-19-3-1-2-17-20(6-7-29-22(17)19)33-21-13-16(32-8-10-34-11-9-32)12-18(24(28)30-14-27)23(21)31-25(33)15-4-5-15/h1-3,6-7,12-15H,4-5,8-11H2,(H3,27,28,30). The van der Waals surface area contributed by atoms with Crippen molar-refractivity contribution in [3.63, 3.8) is 0 Å². The number of hydrogen-bond donors (Lipinski definition) is 2. The summed E-state index contributed by atoms with van der Waals surface area (Å²) in [4.78, 5) is 15.6. The highest BCUT2D eigenvalue weighted by Crippen LogP contribution is 2.43. The molecule has 2 aliphatic rings. The van der Waals surface area contributed by atoms with Crippen molar-refractivity contribution in [2.75, 3.05) is 31.2 Å². The number of fused-ring (bicyclic) bond motifs is 2. The maximum absolute atomic E-state index is 14.6. The maximum atomic E-state index is 14.6. The number of morpholine rings is 1. The number of aliphatic imine (C=N–C) groups is 1. The Labute approximate surface area is 195 Å². The van der Waals surface area contributed by atoms with Crippen LogP contribution in [0.4, 0.5) is 10.1 Å². The number of hydrogen-bond acceptors (Lipinski definition) is 5. The lowest BCUT2D eigenvalue weighted by atomic mass is 10.1. The second-order valence-corrected chi connectivity index (χ2v) is 8.65. The summed E-state index contributed by atoms with van der Waals surface area (Å²) in [5.74, 6) is 1.14. The van der Waals surface area contributed by atoms with Crippen LogP contribution < -0.4 is 10.6 Å². The summed E-state index contributed by atoms with van der Waals surface area (Å²) >= 11 is 0. The van der Waals surface area contributed by atoms with Crippen molar-refractivity contribution in [1.82, 2.24) is 14.5 Å². The lowest BCUT2D eigenvalue weighted by Gasteiger charge is -2.29. The average Bonchev–Trinajstić information content (AvgIpc) is 3.64. The highest BCUT2D eigenvalue weighted by atomic mass is 19.1. The minimum absolute atomic E-state index is 0.243. The van der Waals surface area contributed by atoms with Crippen LogP contribution in [0, 0.1) is 11.2 Å². The minimum Gasteiger partial charge on any atom is -0.383 e. The van der Waals surface area contributed by atoms with Crippen molar-refractivity contribution in [2.24, 2.45) is 10.7 Å². The van der Waals surface area contributed by atoms with Gasteiger partial charge in [-0.25, -0.2) is 14.4 Å². The van der Waals surface area contributed by atoms with Gasteiger partial charge in [-0.1, -0.05) is 12.1 Å². The largest absolute Gasteiger partial charge is 0.383 e. The molecule has 0 spiro atoms. The van der Waals surface area contributed by atoms with Gasteiger partial charge >= 0.3 is 0 Å². The van der Waals surface area contributed by atoms with Crippen LogP contribution in [0.3, 0.4) is 0 Å². The summed E-state index contributed by atoms with van der Waals surface area (Å²) in [6.45, 7) is 2.83. The molecule has 0 atom stereocenters. The van der Waals surface area contributed by atoms with Crippen LogP contribution in [0.15, 0.2) is 47.6 Å². The number of benzene rings is 2. The van der Waals surface area contributed by atoms with E-state index in [2.05, 4.69) is 25.5 Å². The Morgan fingerprint density at radius 1 is 1.18 bits per heavy atom. The third-order valence-corrected chi connectivity index (χ3v) is 6.51. The van der Waals surface area contributed by atoms with Crippen molar-refractivity contribution in [1.29, 1.82) is 5.41 Å². The maximum Gasteiger partial charge on any atom is 0.149 e. The van der Waals surface area contributed by atoms with Crippen LogP contribution in [0.5, 0.6) is 0 Å². The number of imidazole rings is 1. The van der Waals surface area contributed by atoms with Gasteiger partial charge in [0.05, 0.1) is 24.4 Å². The van der Waals surface area contributed by atoms with Crippen molar-refractivity contribution >= 4 is 39.8 Å². The van der Waals surface area contributed by atoms with E-state index in [4.69, 9.17) is 20.9 Å². The van der Waals surface area contributed by atoms with Crippen molar-refractivity contribution in [3.05, 3.63) is 59.8 Å². The van der Waals surface area contributed by atoms with Gasteiger partial charge in [-0.3, -0.25) is 15.0 Å². The van der Waals surface area contributed by atoms with E-state index in [1.165, 1.54) is 6.07 Å². The summed E-state index contributed by atoms with van der Waals surface area (Å²) in [5.41, 5.74) is 10.8. The molecule has 34 heavy (non-hydrogen) atoms. The molecular formula is C25H24FN7O. The van der Waals surface area contributed by atoms with E-state index in [1.54, 1.807) is 12.3 Å². The number of ether oxygens (including phenoxy) is 1. The van der Waals surface area contributed by atoms with Crippen molar-refractivity contribution in [2.45, 2.75) is 18.8 Å². The summed E-state index contributed by atoms with van der Waals surface area (Å²) in [7, 11) is 0. The van der Waals surface area contributed by atoms with Crippen molar-refractivity contribution < 1.29 is 9.13 Å². The highest BCUT2D eigenvalue weighted by Gasteiger charge is 2.32. The molecule has 4 aromatic rings. The zero-order valence-electron chi connectivity index (χ0n) is 18.5. The number of halogens is 1. The van der Waals surface area contributed by atoms with Crippen LogP contribution in [-0.2, 0) is 4.74 Å². The number of para-hydroxylation sites is 1. The summed E-state index contributed by atoms with van der Waals surface area (Å²) in [5, 5.41) is 8.15. The van der Waals surface area contributed by atoms with Crippen LogP contribution in [0.1, 0.15) is 30.1 Å². The number of amidine groups is 1. The first-order chi connectivity index (χ1) is 16.7. The van der Waals surface area contributed by atoms with Gasteiger partial charge in [-0.05, 0) is 37.1 Å². The molecule has 0 unspecified atom stereocenters. The first kappa shape index (κ1) is 20.7. The molecule has 8 nitrogen and oxygen atoms in total. The third-order valence-electron chi connectivity index (χ3n) is 6.51. The molecule has 0 radical (unpaired) electrons. The predicted octanol–water partition coefficient (Wildman–Crippen LogP) is 3.74. The Hall–Kier alpha value is -3.85. The van der Waals surface area contributed by atoms with E-state index in [1.807, 2.05) is 18.2 Å². The SMILES string of the molecule is N=CN=C(N)c1cc(N2CCOCC2)cc2c1nc(C1CC1)n2-c1ccnc2c(F)cccc12. The van der Waals surface area contributed by atoms with E-state index in [0.29, 0.717) is 30.2 Å². The monoisotopic (exact) mass is 457 g/mol. The second-order valence-electron chi connectivity index (χ2n) is 8.65. The molecule has 1 aliphatic carbocycles. The Bertz CT molecular complexity index is 1450. The Balaban J connectivity index is 1.68. The minimum atomic E-state index is -0.353. The number of rotatable bonds is 5. The number of pyridine rings is 1. The van der Waals surface area contributed by atoms with Crippen LogP contribution >= 0.6 is 0 Å². The summed E-state index contributed by atoms with van der Waals surface area (Å²) in [6, 6.07) is 11.0. The fourth-order valence-electron chi connectivity index (χ4n) is 4.71. The first-order valence-electron chi connectivity index (χ1n) is 11.4. The van der Waals surface area contributed by atoms with Gasteiger partial charge in [0.15, 0.2) is 0 Å². The molecule has 1 aliphatic heterocycles. The van der Waals surface area contributed by atoms with Gasteiger partial charge in [-0.15, -0.1) is 0 Å². The van der Waals surface area contributed by atoms with E-state index in [-0.39, 0.29) is 11.7 Å². The lowest BCUT2D eigenvalue weighted by Crippen LogP contribution is -2.36. The summed E-state index contributed by atoms with van der Waals surface area (Å²) in [6.07, 6.45) is 4.69. The van der Waals surface area contributed by atoms with Gasteiger partial charge in [-0.2, -0.15) is 0 Å². The molecular weight excluding hydrogens is 433 g/mol. The fourth-order valence-corrected chi connectivity index (χ4v) is 4.71. The molecule has 6 rings (SSSR count). The zero-order chi connectivity index (χ0) is 23.2. The number of nitrogens with zero attached hydrogens (tertiary/aromatic N) is 5. The van der Waals surface area contributed by atoms with E-state index in [0.717, 1.165) is 65.9 Å². The number of nitrogens with two attached hydrogens (primary N) is 1. The number of aromatic nitrogens is 3. The Morgan fingerprint density at radius 3 is 2.76 bits per heavy atom. The molecule has 0 amide bonds. The van der Waals surface area contributed by atoms with E-state index < -0.39 is 0 Å². The van der Waals surface area contributed by atoms with E-state index in [9.17, 15) is 4.39 Å². The quantitative estimate of drug-likeness (QED) is 0.351. The van der Waals surface area contributed by atoms with Gasteiger partial charge in [0.2, 0.25) is 0 Å². The molecule has 2 aromatic heterocycles. The fraction of sp³-hybridized carbons (Fsp3) is 0.280. The van der Waals surface area contributed by atoms with Crippen LogP contribution in [0.25, 0.3) is 27.6 Å². The van der Waals surface area contributed by atoms with Gasteiger partial charge in [0.25, 0.3) is 0 Å². The van der Waals surface area contributed by atoms with E-state index >= 15 is 0 Å². The van der Waals surface area contributed by atoms with Gasteiger partial charge in [0.1, 0.15) is 34.8 Å².